The van der Waals surface area contributed by atoms with Crippen molar-refractivity contribution in [2.45, 2.75) is 45.2 Å². The van der Waals surface area contributed by atoms with Crippen LogP contribution in [0.1, 0.15) is 54.2 Å². The van der Waals surface area contributed by atoms with Gasteiger partial charge in [-0.1, -0.05) is 54.6 Å². The number of alkyl halides is 3. The molecule has 3 rings (SSSR count). The lowest BCUT2D eigenvalue weighted by Crippen LogP contribution is -2.47. The molecule has 0 saturated carbocycles. The van der Waals surface area contributed by atoms with E-state index in [2.05, 4.69) is 10.4 Å². The average Bonchev–Trinajstić information content (AvgIpc) is 3.45. The molecule has 1 heterocycles. The lowest BCUT2D eigenvalue weighted by molar-refractivity contribution is -0.145. The van der Waals surface area contributed by atoms with Gasteiger partial charge in [0, 0.05) is 24.1 Å². The molecule has 4 N–H and O–H groups in total. The third-order valence-electron chi connectivity index (χ3n) is 6.08. The normalized spacial score (nSPS) is 11.6. The fraction of sp³-hybridized carbons (Fsp3) is 0.267. The zero-order valence-corrected chi connectivity index (χ0v) is 22.9. The molecule has 0 bridgehead atoms. The maximum atomic E-state index is 13.5. The van der Waals surface area contributed by atoms with E-state index in [4.69, 9.17) is 10.5 Å². The molecule has 42 heavy (non-hydrogen) atoms. The van der Waals surface area contributed by atoms with Crippen molar-refractivity contribution in [1.82, 2.24) is 15.4 Å². The number of hydrogen-bond acceptors (Lipinski definition) is 5. The van der Waals surface area contributed by atoms with Gasteiger partial charge >= 0.3 is 12.1 Å². The first kappa shape index (κ1) is 31.7. The summed E-state index contributed by atoms with van der Waals surface area (Å²) in [5.41, 5.74) is 6.98. The maximum Gasteiger partial charge on any atom is 0.417 e. The van der Waals surface area contributed by atoms with Gasteiger partial charge in [-0.2, -0.15) is 13.2 Å². The standard InChI is InChI=1S/C30H31F3N4O5/c1-2-42-29(41)25(14-8-9-15-26(34)38)37(27(39)19-16-20-10-4-3-5-11-20)36-28(40)24-18-17-23(35-24)21-12-6-7-13-22(21)30(31,32)33/h3-7,10-14,17-18,35H,2,8-9,15-16,19H2,1H3,(H2,34,38)(H,36,40)/b25-14-. The minimum atomic E-state index is -4.63. The number of ether oxygens (including phenoxy) is 1. The van der Waals surface area contributed by atoms with Crippen molar-refractivity contribution in [3.8, 4) is 11.3 Å². The van der Waals surface area contributed by atoms with E-state index in [0.717, 1.165) is 16.6 Å². The predicted octanol–water partition coefficient (Wildman–Crippen LogP) is 4.91. The van der Waals surface area contributed by atoms with Crippen LogP contribution in [0.15, 0.2) is 78.5 Å². The van der Waals surface area contributed by atoms with Crippen molar-refractivity contribution in [1.29, 1.82) is 0 Å². The van der Waals surface area contributed by atoms with Crippen LogP contribution in [0.4, 0.5) is 13.2 Å². The molecule has 3 aromatic rings. The summed E-state index contributed by atoms with van der Waals surface area (Å²) in [7, 11) is 0. The summed E-state index contributed by atoms with van der Waals surface area (Å²) in [6, 6.07) is 16.6. The van der Waals surface area contributed by atoms with Crippen LogP contribution in [-0.2, 0) is 31.7 Å². The van der Waals surface area contributed by atoms with Crippen LogP contribution in [0.2, 0.25) is 0 Å². The number of H-pyrrole nitrogens is 1. The summed E-state index contributed by atoms with van der Waals surface area (Å²) in [5, 5.41) is 0.776. The highest BCUT2D eigenvalue weighted by molar-refractivity contribution is 5.98. The number of amides is 3. The van der Waals surface area contributed by atoms with Gasteiger partial charge in [0.15, 0.2) is 0 Å². The molecule has 1 aromatic heterocycles. The number of hydrazine groups is 1. The highest BCUT2D eigenvalue weighted by atomic mass is 19.4. The summed E-state index contributed by atoms with van der Waals surface area (Å²) < 4.78 is 45.7. The first-order valence-corrected chi connectivity index (χ1v) is 13.2. The number of nitrogens with zero attached hydrogens (tertiary/aromatic N) is 1. The number of nitrogens with two attached hydrogens (primary N) is 1. The fourth-order valence-corrected chi connectivity index (χ4v) is 4.06. The summed E-state index contributed by atoms with van der Waals surface area (Å²) in [6.07, 6.45) is -2.60. The van der Waals surface area contributed by atoms with Gasteiger partial charge in [0.2, 0.25) is 11.8 Å². The first-order valence-electron chi connectivity index (χ1n) is 13.2. The number of carbonyl (C=O) groups is 4. The molecule has 0 saturated heterocycles. The van der Waals surface area contributed by atoms with Crippen LogP contribution in [0.25, 0.3) is 11.3 Å². The number of halogens is 3. The highest BCUT2D eigenvalue weighted by Gasteiger charge is 2.34. The number of primary amides is 1. The molecule has 0 atom stereocenters. The van der Waals surface area contributed by atoms with Crippen LogP contribution in [0, 0.1) is 0 Å². The second-order valence-corrected chi connectivity index (χ2v) is 9.15. The van der Waals surface area contributed by atoms with Crippen molar-refractivity contribution < 1.29 is 37.1 Å². The molecule has 222 valence electrons. The first-order chi connectivity index (χ1) is 20.0. The largest absolute Gasteiger partial charge is 0.461 e. The molecule has 0 aliphatic rings. The van der Waals surface area contributed by atoms with E-state index in [1.54, 1.807) is 6.92 Å². The molecular weight excluding hydrogens is 553 g/mol. The van der Waals surface area contributed by atoms with E-state index in [1.807, 2.05) is 30.3 Å². The number of aryl methyl sites for hydroxylation is 1. The van der Waals surface area contributed by atoms with Crippen LogP contribution >= 0.6 is 0 Å². The zero-order valence-electron chi connectivity index (χ0n) is 22.9. The number of hydrogen-bond donors (Lipinski definition) is 3. The Bertz CT molecular complexity index is 1430. The van der Waals surface area contributed by atoms with Gasteiger partial charge in [0.05, 0.1) is 12.2 Å². The van der Waals surface area contributed by atoms with Crippen molar-refractivity contribution in [2.75, 3.05) is 6.61 Å². The summed E-state index contributed by atoms with van der Waals surface area (Å²) in [4.78, 5) is 53.4. The Morgan fingerprint density at radius 3 is 2.33 bits per heavy atom. The molecule has 9 nitrogen and oxygen atoms in total. The third-order valence-corrected chi connectivity index (χ3v) is 6.08. The molecule has 0 fully saturated rings. The van der Waals surface area contributed by atoms with Crippen molar-refractivity contribution >= 4 is 23.7 Å². The smallest absolute Gasteiger partial charge is 0.417 e. The quantitative estimate of drug-likeness (QED) is 0.120. The number of aromatic amines is 1. The number of unbranched alkanes of at least 4 members (excludes halogenated alkanes) is 1. The van der Waals surface area contributed by atoms with Gasteiger partial charge in [-0.15, -0.1) is 0 Å². The predicted molar refractivity (Wildman–Crippen MR) is 148 cm³/mol. The number of nitrogens with one attached hydrogen (secondary N) is 2. The topological polar surface area (TPSA) is 135 Å². The summed E-state index contributed by atoms with van der Waals surface area (Å²) >= 11 is 0. The fourth-order valence-electron chi connectivity index (χ4n) is 4.06. The Morgan fingerprint density at radius 2 is 1.67 bits per heavy atom. The Labute approximate surface area is 240 Å². The van der Waals surface area contributed by atoms with Crippen LogP contribution in [0.5, 0.6) is 0 Å². The van der Waals surface area contributed by atoms with E-state index in [0.29, 0.717) is 6.42 Å². The van der Waals surface area contributed by atoms with Gasteiger partial charge in [-0.25, -0.2) is 9.80 Å². The Hall–Kier alpha value is -4.87. The lowest BCUT2D eigenvalue weighted by Gasteiger charge is -2.25. The Kier molecular flexibility index (Phi) is 11.1. The van der Waals surface area contributed by atoms with E-state index in [-0.39, 0.29) is 54.9 Å². The average molecular weight is 585 g/mol. The Morgan fingerprint density at radius 1 is 0.976 bits per heavy atom. The van der Waals surface area contributed by atoms with Gasteiger partial charge < -0.3 is 15.5 Å². The summed E-state index contributed by atoms with van der Waals surface area (Å²) in [6.45, 7) is 1.55. The van der Waals surface area contributed by atoms with Crippen molar-refractivity contribution in [2.24, 2.45) is 5.73 Å². The summed E-state index contributed by atoms with van der Waals surface area (Å²) in [5.74, 6) is -2.96. The minimum Gasteiger partial charge on any atom is -0.461 e. The molecule has 0 aliphatic heterocycles. The molecule has 0 spiro atoms. The van der Waals surface area contributed by atoms with Crippen molar-refractivity contribution in [3.05, 3.63) is 95.3 Å². The molecule has 3 amide bonds. The van der Waals surface area contributed by atoms with E-state index >= 15 is 0 Å². The molecule has 0 unspecified atom stereocenters. The SMILES string of the molecule is CCOC(=O)/C(=C/CCCC(N)=O)N(NC(=O)c1ccc(-c2ccccc2C(F)(F)F)[nH]1)C(=O)CCc1ccccc1. The van der Waals surface area contributed by atoms with Crippen molar-refractivity contribution in [3.63, 3.8) is 0 Å². The number of esters is 1. The van der Waals surface area contributed by atoms with Crippen LogP contribution < -0.4 is 11.2 Å². The van der Waals surface area contributed by atoms with Gasteiger partial charge in [-0.05, 0) is 49.9 Å². The number of benzene rings is 2. The molecule has 0 radical (unpaired) electrons. The van der Waals surface area contributed by atoms with Gasteiger partial charge in [-0.3, -0.25) is 19.8 Å². The maximum absolute atomic E-state index is 13.5. The molecular formula is C30H31F3N4O5. The number of aromatic nitrogens is 1. The molecule has 12 heteroatoms. The number of rotatable bonds is 12. The van der Waals surface area contributed by atoms with Gasteiger partial charge in [0.1, 0.15) is 11.4 Å². The van der Waals surface area contributed by atoms with E-state index in [9.17, 15) is 32.3 Å². The zero-order chi connectivity index (χ0) is 30.7. The lowest BCUT2D eigenvalue weighted by atomic mass is 10.0. The second-order valence-electron chi connectivity index (χ2n) is 9.15. The Balaban J connectivity index is 1.91. The monoisotopic (exact) mass is 584 g/mol. The minimum absolute atomic E-state index is 0.0178. The number of allylic oxidation sites excluding steroid dienone is 1. The highest BCUT2D eigenvalue weighted by Crippen LogP contribution is 2.36. The van der Waals surface area contributed by atoms with Crippen LogP contribution in [0.3, 0.4) is 0 Å². The van der Waals surface area contributed by atoms with E-state index in [1.165, 1.54) is 36.4 Å². The molecule has 0 aliphatic carbocycles. The second kappa shape index (κ2) is 14.7. The molecule has 2 aromatic carbocycles. The van der Waals surface area contributed by atoms with Gasteiger partial charge in [0.25, 0.3) is 5.91 Å². The third kappa shape index (κ3) is 8.82. The van der Waals surface area contributed by atoms with Crippen LogP contribution in [-0.4, -0.2) is 40.3 Å². The number of carbonyl (C=O) groups excluding carboxylic acids is 4. The van der Waals surface area contributed by atoms with E-state index < -0.39 is 35.4 Å².